The molecular weight excluding hydrogens is 509 g/mol. The Kier molecular flexibility index (Phi) is 7.50. The second-order valence-electron chi connectivity index (χ2n) is 7.55. The molecule has 0 aliphatic heterocycles. The molecule has 1 heterocycles. The Morgan fingerprint density at radius 3 is 2.54 bits per heavy atom. The van der Waals surface area contributed by atoms with Crippen LogP contribution in [0.25, 0.3) is 22.0 Å². The second kappa shape index (κ2) is 10.6. The molecule has 0 bridgehead atoms. The minimum absolute atomic E-state index is 0.244. The number of nitrogens with zero attached hydrogens (tertiary/aromatic N) is 4. The minimum Gasteiger partial charge on any atom is -0.489 e. The summed E-state index contributed by atoms with van der Waals surface area (Å²) in [5, 5.41) is 20.2. The largest absolute Gasteiger partial charge is 0.489 e. The highest BCUT2D eigenvalue weighted by atomic mass is 35.5. The van der Waals surface area contributed by atoms with E-state index in [1.165, 1.54) is 7.05 Å². The van der Waals surface area contributed by atoms with E-state index in [1.807, 2.05) is 42.5 Å². The molecule has 3 aromatic carbocycles. The van der Waals surface area contributed by atoms with E-state index in [2.05, 4.69) is 34.3 Å². The van der Waals surface area contributed by atoms with Crippen LogP contribution in [0.3, 0.4) is 0 Å². The Morgan fingerprint density at radius 2 is 1.86 bits per heavy atom. The maximum Gasteiger partial charge on any atom is 0.273 e. The molecule has 11 heteroatoms. The molecule has 2 N–H and O–H groups in total. The van der Waals surface area contributed by atoms with Crippen molar-refractivity contribution in [3.05, 3.63) is 71.4 Å². The summed E-state index contributed by atoms with van der Waals surface area (Å²) in [6, 6.07) is 18.5. The Labute approximate surface area is 217 Å². The van der Waals surface area contributed by atoms with Gasteiger partial charge < -0.3 is 9.47 Å². The van der Waals surface area contributed by atoms with Crippen LogP contribution in [0.5, 0.6) is 17.2 Å². The molecule has 0 spiro atoms. The maximum absolute atomic E-state index is 9.70. The molecule has 0 fully saturated rings. The fraction of sp³-hybridized carbons (Fsp3) is 0.125. The lowest BCUT2D eigenvalue weighted by atomic mass is 10.0. The zero-order valence-corrected chi connectivity index (χ0v) is 20.8. The molecule has 4 rings (SSSR count). The van der Waals surface area contributed by atoms with Gasteiger partial charge in [-0.15, -0.1) is 11.6 Å². The fourth-order valence-corrected chi connectivity index (χ4v) is 3.74. The number of hydrogen-bond acceptors (Lipinski definition) is 8. The quantitative estimate of drug-likeness (QED) is 0.108. The third-order valence-electron chi connectivity index (χ3n) is 4.78. The zero-order valence-electron chi connectivity index (χ0n) is 18.4. The van der Waals surface area contributed by atoms with Crippen molar-refractivity contribution >= 4 is 52.9 Å². The molecule has 1 aromatic heterocycles. The van der Waals surface area contributed by atoms with Crippen LogP contribution in [-0.2, 0) is 0 Å². The first kappa shape index (κ1) is 24.9. The maximum atomic E-state index is 9.70. The molecule has 0 aliphatic carbocycles. The van der Waals surface area contributed by atoms with Gasteiger partial charge in [-0.1, -0.05) is 29.8 Å². The Morgan fingerprint density at radius 1 is 1.11 bits per heavy atom. The summed E-state index contributed by atoms with van der Waals surface area (Å²) >= 11 is 15.9. The lowest BCUT2D eigenvalue weighted by molar-refractivity contribution is -0.955. The Balaban J connectivity index is 1.52. The number of alkyl halides is 1. The van der Waals surface area contributed by atoms with Crippen LogP contribution >= 0.6 is 36.0 Å². The van der Waals surface area contributed by atoms with Gasteiger partial charge in [0.2, 0.25) is 0 Å². The van der Waals surface area contributed by atoms with Crippen molar-refractivity contribution in [1.29, 1.82) is 5.26 Å². The Hall–Kier alpha value is -3.26. The van der Waals surface area contributed by atoms with Crippen LogP contribution in [0.15, 0.2) is 60.8 Å². The van der Waals surface area contributed by atoms with Crippen molar-refractivity contribution in [3.63, 3.8) is 0 Å². The molecular formula is C24H20Cl2N5O3S+. The number of nitriles is 1. The standard InChI is InChI=1S/C24H20Cl2N5O3S/c1-31(32,35)30-24-28-14-18-10-16(4-7-22(18)29-24)15-2-5-19(6-3-15)34-20-11-17(13-27)23(21(26)12-20)33-9-8-25/h2-7,10-12,14,32,35H,8-9H2,1H3,(H,28,29,30)/q+1. The number of benzene rings is 3. The van der Waals surface area contributed by atoms with E-state index in [-0.39, 0.29) is 34.8 Å². The SMILES string of the molecule is C[N+](O)(S)Nc1ncc2cc(-c3ccc(Oc4cc(Cl)c(OCCCl)c(C#N)c4)cc3)ccc2n1. The molecule has 0 amide bonds. The highest BCUT2D eigenvalue weighted by Crippen LogP contribution is 2.35. The molecule has 0 saturated heterocycles. The molecule has 35 heavy (non-hydrogen) atoms. The van der Waals surface area contributed by atoms with E-state index in [0.717, 1.165) is 22.0 Å². The number of rotatable bonds is 8. The number of nitrogens with one attached hydrogen (secondary N) is 1. The number of hydrogen-bond donors (Lipinski definition) is 3. The van der Waals surface area contributed by atoms with E-state index in [0.29, 0.717) is 11.5 Å². The van der Waals surface area contributed by atoms with Crippen molar-refractivity contribution in [1.82, 2.24) is 9.97 Å². The van der Waals surface area contributed by atoms with E-state index < -0.39 is 4.16 Å². The molecule has 8 nitrogen and oxygen atoms in total. The summed E-state index contributed by atoms with van der Waals surface area (Å²) < 4.78 is 10.6. The van der Waals surface area contributed by atoms with Gasteiger partial charge in [-0.2, -0.15) is 15.9 Å². The van der Waals surface area contributed by atoms with Crippen molar-refractivity contribution in [2.75, 3.05) is 25.0 Å². The first-order chi connectivity index (χ1) is 16.8. The van der Waals surface area contributed by atoms with Gasteiger partial charge in [-0.25, -0.2) is 9.97 Å². The first-order valence-corrected chi connectivity index (χ1v) is 11.6. The van der Waals surface area contributed by atoms with Gasteiger partial charge in [0.05, 0.1) is 22.0 Å². The number of fused-ring (bicyclic) bond motifs is 1. The van der Waals surface area contributed by atoms with Gasteiger partial charge in [0.15, 0.2) is 5.75 Å². The smallest absolute Gasteiger partial charge is 0.273 e. The summed E-state index contributed by atoms with van der Waals surface area (Å²) in [7, 11) is 1.43. The Bertz CT molecular complexity index is 1410. The second-order valence-corrected chi connectivity index (χ2v) is 9.11. The zero-order chi connectivity index (χ0) is 25.0. The first-order valence-electron chi connectivity index (χ1n) is 10.3. The topological polar surface area (TPSA) is 100 Å². The van der Waals surface area contributed by atoms with Crippen molar-refractivity contribution in [2.24, 2.45) is 0 Å². The number of hydroxylamine groups is 1. The lowest BCUT2D eigenvalue weighted by Gasteiger charge is -2.16. The molecule has 1 atom stereocenters. The summed E-state index contributed by atoms with van der Waals surface area (Å²) in [6.45, 7) is 0.244. The van der Waals surface area contributed by atoms with Gasteiger partial charge in [-0.3, -0.25) is 0 Å². The van der Waals surface area contributed by atoms with Gasteiger partial charge in [0.25, 0.3) is 5.95 Å². The van der Waals surface area contributed by atoms with E-state index in [1.54, 1.807) is 18.3 Å². The van der Waals surface area contributed by atoms with E-state index in [9.17, 15) is 10.5 Å². The summed E-state index contributed by atoms with van der Waals surface area (Å²) in [5.74, 6) is 1.83. The number of halogens is 2. The van der Waals surface area contributed by atoms with Gasteiger partial charge in [0.1, 0.15) is 44.0 Å². The summed E-state index contributed by atoms with van der Waals surface area (Å²) in [6.07, 6.45) is 1.67. The number of ether oxygens (including phenoxy) is 2. The number of thiol groups is 1. The van der Waals surface area contributed by atoms with E-state index >= 15 is 0 Å². The third kappa shape index (κ3) is 6.25. The highest BCUT2D eigenvalue weighted by molar-refractivity contribution is 7.74. The third-order valence-corrected chi connectivity index (χ3v) is 5.31. The lowest BCUT2D eigenvalue weighted by Crippen LogP contribution is -2.36. The average molecular weight is 529 g/mol. The van der Waals surface area contributed by atoms with Crippen LogP contribution in [0.1, 0.15) is 5.56 Å². The monoisotopic (exact) mass is 528 g/mol. The molecule has 178 valence electrons. The van der Waals surface area contributed by atoms with Crippen LogP contribution in [0.4, 0.5) is 5.95 Å². The van der Waals surface area contributed by atoms with Crippen molar-refractivity contribution < 1.29 is 18.8 Å². The molecule has 0 aliphatic rings. The van der Waals surface area contributed by atoms with E-state index in [4.69, 9.17) is 32.7 Å². The number of aromatic nitrogens is 2. The van der Waals surface area contributed by atoms with Gasteiger partial charge in [0, 0.05) is 23.7 Å². The predicted octanol–water partition coefficient (Wildman–Crippen LogP) is 6.24. The van der Waals surface area contributed by atoms with Gasteiger partial charge >= 0.3 is 0 Å². The molecule has 0 saturated carbocycles. The predicted molar refractivity (Wildman–Crippen MR) is 138 cm³/mol. The van der Waals surface area contributed by atoms with Crippen LogP contribution < -0.4 is 14.9 Å². The average Bonchev–Trinajstić information content (AvgIpc) is 2.82. The van der Waals surface area contributed by atoms with Gasteiger partial charge in [-0.05, 0) is 39.6 Å². The number of anilines is 1. The highest BCUT2D eigenvalue weighted by Gasteiger charge is 2.15. The van der Waals surface area contributed by atoms with Crippen molar-refractivity contribution in [2.45, 2.75) is 0 Å². The molecule has 4 aromatic rings. The molecule has 0 radical (unpaired) electrons. The molecule has 1 unspecified atom stereocenters. The van der Waals surface area contributed by atoms with Crippen molar-refractivity contribution in [3.8, 4) is 34.4 Å². The fourth-order valence-electron chi connectivity index (χ4n) is 3.31. The van der Waals surface area contributed by atoms with Crippen LogP contribution in [0, 0.1) is 11.3 Å². The number of quaternary nitrogens is 1. The van der Waals surface area contributed by atoms with Crippen LogP contribution in [-0.4, -0.2) is 38.9 Å². The summed E-state index contributed by atoms with van der Waals surface area (Å²) in [5.41, 5.74) is 5.58. The minimum atomic E-state index is -0.784. The normalized spacial score (nSPS) is 12.6. The summed E-state index contributed by atoms with van der Waals surface area (Å²) in [4.78, 5) is 8.60. The van der Waals surface area contributed by atoms with Crippen LogP contribution in [0.2, 0.25) is 5.02 Å².